The van der Waals surface area contributed by atoms with Gasteiger partial charge in [0, 0.05) is 23.4 Å². The molecule has 0 radical (unpaired) electrons. The Morgan fingerprint density at radius 1 is 0.800 bits per heavy atom. The van der Waals surface area contributed by atoms with Gasteiger partial charge >= 0.3 is 0 Å². The molecule has 3 amide bonds. The van der Waals surface area contributed by atoms with Crippen molar-refractivity contribution in [3.63, 3.8) is 0 Å². The number of carbonyl (C=O) groups excluding carboxylic acids is 3. The first-order valence-corrected chi connectivity index (χ1v) is 8.11. The highest BCUT2D eigenvalue weighted by atomic mass is 16.2. The van der Waals surface area contributed by atoms with E-state index in [0.29, 0.717) is 23.4 Å². The Balaban J connectivity index is 1.87. The van der Waals surface area contributed by atoms with E-state index in [0.717, 1.165) is 6.42 Å². The van der Waals surface area contributed by atoms with Crippen LogP contribution in [0.5, 0.6) is 0 Å². The second kappa shape index (κ2) is 9.22. The van der Waals surface area contributed by atoms with Crippen molar-refractivity contribution in [1.82, 2.24) is 10.6 Å². The van der Waals surface area contributed by atoms with Gasteiger partial charge in [-0.3, -0.25) is 14.4 Å². The van der Waals surface area contributed by atoms with Crippen LogP contribution in [0, 0.1) is 0 Å². The van der Waals surface area contributed by atoms with Gasteiger partial charge in [0.15, 0.2) is 0 Å². The molecule has 0 unspecified atom stereocenters. The van der Waals surface area contributed by atoms with E-state index in [1.165, 1.54) is 0 Å². The maximum atomic E-state index is 12.1. The summed E-state index contributed by atoms with van der Waals surface area (Å²) < 4.78 is 0. The van der Waals surface area contributed by atoms with Crippen LogP contribution in [0.3, 0.4) is 0 Å². The molecule has 2 rings (SSSR count). The first-order valence-electron chi connectivity index (χ1n) is 8.11. The number of amides is 3. The lowest BCUT2D eigenvalue weighted by atomic mass is 10.1. The Morgan fingerprint density at radius 3 is 2.08 bits per heavy atom. The van der Waals surface area contributed by atoms with E-state index < -0.39 is 0 Å². The van der Waals surface area contributed by atoms with E-state index in [9.17, 15) is 14.4 Å². The monoisotopic (exact) mass is 339 g/mol. The number of benzene rings is 2. The number of hydrogen-bond donors (Lipinski definition) is 3. The largest absolute Gasteiger partial charge is 0.355 e. The quantitative estimate of drug-likeness (QED) is 0.723. The SMILES string of the molecule is CCCNC(=O)CNC(=O)c1ccc(NC(=O)c2ccccc2)cc1. The fourth-order valence-electron chi connectivity index (χ4n) is 2.09. The lowest BCUT2D eigenvalue weighted by Gasteiger charge is -2.08. The van der Waals surface area contributed by atoms with Crippen LogP contribution in [0.1, 0.15) is 34.1 Å². The van der Waals surface area contributed by atoms with Gasteiger partial charge in [0.2, 0.25) is 5.91 Å². The van der Waals surface area contributed by atoms with Gasteiger partial charge in [-0.05, 0) is 42.8 Å². The van der Waals surface area contributed by atoms with E-state index in [1.807, 2.05) is 13.0 Å². The van der Waals surface area contributed by atoms with Crippen molar-refractivity contribution >= 4 is 23.4 Å². The van der Waals surface area contributed by atoms with Gasteiger partial charge in [-0.25, -0.2) is 0 Å². The van der Waals surface area contributed by atoms with Crippen molar-refractivity contribution in [2.24, 2.45) is 0 Å². The van der Waals surface area contributed by atoms with Crippen LogP contribution in [0.25, 0.3) is 0 Å². The Hall–Kier alpha value is -3.15. The molecule has 130 valence electrons. The molecule has 0 aliphatic rings. The predicted octanol–water partition coefficient (Wildman–Crippen LogP) is 2.19. The summed E-state index contributed by atoms with van der Waals surface area (Å²) in [6, 6.07) is 15.4. The molecule has 6 nitrogen and oxygen atoms in total. The summed E-state index contributed by atoms with van der Waals surface area (Å²) in [4.78, 5) is 35.5. The summed E-state index contributed by atoms with van der Waals surface area (Å²) in [5.74, 6) is -0.778. The highest BCUT2D eigenvalue weighted by molar-refractivity contribution is 6.04. The molecule has 0 aliphatic carbocycles. The Kier molecular flexibility index (Phi) is 6.71. The number of anilines is 1. The summed E-state index contributed by atoms with van der Waals surface area (Å²) in [5, 5.41) is 8.00. The first kappa shape index (κ1) is 18.2. The van der Waals surface area contributed by atoms with Crippen LogP contribution in [0.2, 0.25) is 0 Å². The summed E-state index contributed by atoms with van der Waals surface area (Å²) in [6.45, 7) is 2.48. The Bertz CT molecular complexity index is 727. The van der Waals surface area contributed by atoms with Crippen LogP contribution < -0.4 is 16.0 Å². The number of nitrogens with one attached hydrogen (secondary N) is 3. The lowest BCUT2D eigenvalue weighted by Crippen LogP contribution is -2.37. The third kappa shape index (κ3) is 5.76. The molecule has 0 fully saturated rings. The molecule has 0 aliphatic heterocycles. The highest BCUT2D eigenvalue weighted by Gasteiger charge is 2.09. The average molecular weight is 339 g/mol. The molecule has 0 bridgehead atoms. The van der Waals surface area contributed by atoms with E-state index in [-0.39, 0.29) is 24.3 Å². The molecule has 0 spiro atoms. The van der Waals surface area contributed by atoms with Gasteiger partial charge in [-0.2, -0.15) is 0 Å². The standard InChI is InChI=1S/C19H21N3O3/c1-2-12-20-17(23)13-21-18(24)15-8-10-16(11-9-15)22-19(25)14-6-4-3-5-7-14/h3-11H,2,12-13H2,1H3,(H,20,23)(H,21,24)(H,22,25). The second-order valence-corrected chi connectivity index (χ2v) is 5.43. The van der Waals surface area contributed by atoms with Gasteiger partial charge in [0.1, 0.15) is 0 Å². The van der Waals surface area contributed by atoms with Crippen molar-refractivity contribution in [1.29, 1.82) is 0 Å². The van der Waals surface area contributed by atoms with Crippen LogP contribution >= 0.6 is 0 Å². The van der Waals surface area contributed by atoms with Crippen LogP contribution in [-0.4, -0.2) is 30.8 Å². The zero-order chi connectivity index (χ0) is 18.1. The molecule has 3 N–H and O–H groups in total. The molecule has 6 heteroatoms. The minimum Gasteiger partial charge on any atom is -0.355 e. The fourth-order valence-corrected chi connectivity index (χ4v) is 2.09. The van der Waals surface area contributed by atoms with Gasteiger partial charge in [0.25, 0.3) is 11.8 Å². The predicted molar refractivity (Wildman–Crippen MR) is 96.5 cm³/mol. The zero-order valence-corrected chi connectivity index (χ0v) is 14.0. The normalized spacial score (nSPS) is 9.96. The van der Waals surface area contributed by atoms with Gasteiger partial charge in [0.05, 0.1) is 6.54 Å². The van der Waals surface area contributed by atoms with Crippen LogP contribution in [0.15, 0.2) is 54.6 Å². The lowest BCUT2D eigenvalue weighted by molar-refractivity contribution is -0.120. The Morgan fingerprint density at radius 2 is 1.44 bits per heavy atom. The second-order valence-electron chi connectivity index (χ2n) is 5.43. The van der Waals surface area contributed by atoms with E-state index in [4.69, 9.17) is 0 Å². The van der Waals surface area contributed by atoms with E-state index in [1.54, 1.807) is 48.5 Å². The minimum absolute atomic E-state index is 0.0642. The van der Waals surface area contributed by atoms with Crippen molar-refractivity contribution in [2.45, 2.75) is 13.3 Å². The minimum atomic E-state index is -0.340. The molecule has 0 saturated carbocycles. The van der Waals surface area contributed by atoms with Crippen molar-refractivity contribution in [2.75, 3.05) is 18.4 Å². The molecule has 2 aromatic carbocycles. The first-order chi connectivity index (χ1) is 12.1. The van der Waals surface area contributed by atoms with Crippen molar-refractivity contribution < 1.29 is 14.4 Å². The van der Waals surface area contributed by atoms with Gasteiger partial charge in [-0.15, -0.1) is 0 Å². The summed E-state index contributed by atoms with van der Waals surface area (Å²) in [6.07, 6.45) is 0.843. The molecular formula is C19H21N3O3. The van der Waals surface area contributed by atoms with Gasteiger partial charge in [-0.1, -0.05) is 25.1 Å². The van der Waals surface area contributed by atoms with Gasteiger partial charge < -0.3 is 16.0 Å². The van der Waals surface area contributed by atoms with Crippen LogP contribution in [-0.2, 0) is 4.79 Å². The molecule has 25 heavy (non-hydrogen) atoms. The smallest absolute Gasteiger partial charge is 0.255 e. The molecule has 0 aromatic heterocycles. The molecule has 2 aromatic rings. The van der Waals surface area contributed by atoms with Crippen LogP contribution in [0.4, 0.5) is 5.69 Å². The highest BCUT2D eigenvalue weighted by Crippen LogP contribution is 2.11. The summed E-state index contributed by atoms with van der Waals surface area (Å²) in [7, 11) is 0. The molecule has 0 heterocycles. The third-order valence-electron chi connectivity index (χ3n) is 3.42. The molecule has 0 saturated heterocycles. The molecular weight excluding hydrogens is 318 g/mol. The van der Waals surface area contributed by atoms with Crippen molar-refractivity contribution in [3.05, 3.63) is 65.7 Å². The number of hydrogen-bond acceptors (Lipinski definition) is 3. The maximum absolute atomic E-state index is 12.1. The van der Waals surface area contributed by atoms with Crippen molar-refractivity contribution in [3.8, 4) is 0 Å². The fraction of sp³-hybridized carbons (Fsp3) is 0.211. The Labute approximate surface area is 146 Å². The molecule has 0 atom stereocenters. The number of rotatable bonds is 7. The van der Waals surface area contributed by atoms with E-state index >= 15 is 0 Å². The summed E-state index contributed by atoms with van der Waals surface area (Å²) >= 11 is 0. The van der Waals surface area contributed by atoms with E-state index in [2.05, 4.69) is 16.0 Å². The number of carbonyl (C=O) groups is 3. The summed E-state index contributed by atoms with van der Waals surface area (Å²) in [5.41, 5.74) is 1.56. The average Bonchev–Trinajstić information content (AvgIpc) is 2.65. The maximum Gasteiger partial charge on any atom is 0.255 e. The third-order valence-corrected chi connectivity index (χ3v) is 3.42. The topological polar surface area (TPSA) is 87.3 Å². The zero-order valence-electron chi connectivity index (χ0n) is 14.0.